The van der Waals surface area contributed by atoms with E-state index >= 15 is 0 Å². The van der Waals surface area contributed by atoms with Crippen molar-refractivity contribution in [2.24, 2.45) is 0 Å². The van der Waals surface area contributed by atoms with Crippen molar-refractivity contribution in [1.82, 2.24) is 9.97 Å². The van der Waals surface area contributed by atoms with E-state index in [1.54, 1.807) is 0 Å². The Hall–Kier alpha value is -1.48. The summed E-state index contributed by atoms with van der Waals surface area (Å²) in [4.78, 5) is 16.9. The van der Waals surface area contributed by atoms with Gasteiger partial charge in [-0.15, -0.1) is 0 Å². The molecule has 4 N–H and O–H groups in total. The van der Waals surface area contributed by atoms with Crippen LogP contribution in [0.3, 0.4) is 0 Å². The van der Waals surface area contributed by atoms with Crippen molar-refractivity contribution in [3.63, 3.8) is 0 Å². The number of nitrogens with zero attached hydrogens (tertiary/aromatic N) is 1. The molecule has 1 saturated heterocycles. The third kappa shape index (κ3) is 2.44. The zero-order valence-electron chi connectivity index (χ0n) is 8.68. The van der Waals surface area contributed by atoms with Crippen LogP contribution in [0.5, 0.6) is 6.01 Å². The molecule has 1 aliphatic rings. The zero-order chi connectivity index (χ0) is 12.4. The van der Waals surface area contributed by atoms with Crippen molar-refractivity contribution < 1.29 is 24.8 Å². The summed E-state index contributed by atoms with van der Waals surface area (Å²) in [6.45, 7) is -0.448. The van der Waals surface area contributed by atoms with E-state index in [0.29, 0.717) is 0 Å². The van der Waals surface area contributed by atoms with E-state index in [-0.39, 0.29) is 6.01 Å². The number of hydrogen-bond donors (Lipinski definition) is 4. The van der Waals surface area contributed by atoms with E-state index in [1.165, 1.54) is 12.3 Å². The average molecular weight is 244 g/mol. The molecule has 2 rings (SSSR count). The van der Waals surface area contributed by atoms with Gasteiger partial charge in [-0.25, -0.2) is 4.98 Å². The van der Waals surface area contributed by atoms with Gasteiger partial charge in [-0.1, -0.05) is 0 Å². The predicted molar refractivity (Wildman–Crippen MR) is 53.2 cm³/mol. The average Bonchev–Trinajstić information content (AvgIpc) is 2.57. The molecular formula is C9H12N2O6. The summed E-state index contributed by atoms with van der Waals surface area (Å²) in [5, 5.41) is 27.9. The first-order valence-corrected chi connectivity index (χ1v) is 4.96. The molecule has 8 heteroatoms. The highest BCUT2D eigenvalue weighted by Gasteiger charge is 2.44. The second kappa shape index (κ2) is 4.80. The summed E-state index contributed by atoms with van der Waals surface area (Å²) in [5.41, 5.74) is -0.415. The lowest BCUT2D eigenvalue weighted by atomic mass is 10.1. The van der Waals surface area contributed by atoms with Gasteiger partial charge in [-0.3, -0.25) is 9.78 Å². The second-order valence-electron chi connectivity index (χ2n) is 3.56. The number of aromatic amines is 1. The monoisotopic (exact) mass is 244 g/mol. The van der Waals surface area contributed by atoms with Gasteiger partial charge in [0.15, 0.2) is 0 Å². The van der Waals surface area contributed by atoms with Gasteiger partial charge < -0.3 is 24.8 Å². The van der Waals surface area contributed by atoms with E-state index in [2.05, 4.69) is 9.97 Å². The minimum absolute atomic E-state index is 0.132. The Morgan fingerprint density at radius 2 is 2.24 bits per heavy atom. The van der Waals surface area contributed by atoms with Crippen LogP contribution in [0.15, 0.2) is 17.1 Å². The molecule has 1 unspecified atom stereocenters. The molecule has 2 heterocycles. The number of nitrogens with one attached hydrogen (secondary N) is 1. The summed E-state index contributed by atoms with van der Waals surface area (Å²) >= 11 is 0. The topological polar surface area (TPSA) is 125 Å². The zero-order valence-corrected chi connectivity index (χ0v) is 8.68. The van der Waals surface area contributed by atoms with Crippen molar-refractivity contribution in [2.45, 2.75) is 24.6 Å². The lowest BCUT2D eigenvalue weighted by Gasteiger charge is -2.14. The molecule has 4 atom stereocenters. The fourth-order valence-corrected chi connectivity index (χ4v) is 1.48. The first-order chi connectivity index (χ1) is 8.11. The fraction of sp³-hybridized carbons (Fsp3) is 0.556. The summed E-state index contributed by atoms with van der Waals surface area (Å²) in [6, 6.07) is 1.07. The number of hydrogen-bond acceptors (Lipinski definition) is 7. The molecule has 17 heavy (non-hydrogen) atoms. The van der Waals surface area contributed by atoms with Gasteiger partial charge in [-0.2, -0.15) is 0 Å². The van der Waals surface area contributed by atoms with E-state index in [4.69, 9.17) is 14.6 Å². The maximum absolute atomic E-state index is 11.0. The van der Waals surface area contributed by atoms with E-state index in [1.807, 2.05) is 0 Å². The second-order valence-corrected chi connectivity index (χ2v) is 3.56. The summed E-state index contributed by atoms with van der Waals surface area (Å²) in [5.74, 6) is 0. The number of H-pyrrole nitrogens is 1. The van der Waals surface area contributed by atoms with Crippen molar-refractivity contribution in [2.75, 3.05) is 6.61 Å². The molecular weight excluding hydrogens is 232 g/mol. The van der Waals surface area contributed by atoms with Gasteiger partial charge in [0.25, 0.3) is 11.6 Å². The molecule has 0 amide bonds. The van der Waals surface area contributed by atoms with E-state index in [0.717, 1.165) is 0 Å². The minimum atomic E-state index is -1.32. The number of aliphatic hydroxyl groups is 3. The van der Waals surface area contributed by atoms with Gasteiger partial charge in [0, 0.05) is 12.3 Å². The smallest absolute Gasteiger partial charge is 0.298 e. The lowest BCUT2D eigenvalue weighted by molar-refractivity contribution is -0.120. The third-order valence-electron chi connectivity index (χ3n) is 2.37. The molecule has 1 aromatic rings. The Bertz CT molecular complexity index is 435. The van der Waals surface area contributed by atoms with Crippen LogP contribution >= 0.6 is 0 Å². The number of aromatic nitrogens is 2. The molecule has 94 valence electrons. The van der Waals surface area contributed by atoms with Crippen LogP contribution in [-0.2, 0) is 4.74 Å². The Kier molecular flexibility index (Phi) is 3.38. The Morgan fingerprint density at radius 3 is 2.82 bits per heavy atom. The molecule has 0 radical (unpaired) electrons. The molecule has 0 aliphatic carbocycles. The fourth-order valence-electron chi connectivity index (χ4n) is 1.48. The Balaban J connectivity index is 2.07. The molecule has 1 aromatic heterocycles. The molecule has 0 aromatic carbocycles. The van der Waals surface area contributed by atoms with Crippen LogP contribution in [0, 0.1) is 0 Å². The summed E-state index contributed by atoms with van der Waals surface area (Å²) in [6.07, 6.45) is -3.45. The van der Waals surface area contributed by atoms with Crippen LogP contribution in [0.4, 0.5) is 0 Å². The Labute approximate surface area is 95.5 Å². The van der Waals surface area contributed by atoms with Crippen molar-refractivity contribution in [1.29, 1.82) is 0 Å². The quantitative estimate of drug-likeness (QED) is 0.466. The number of ether oxygens (including phenoxy) is 2. The first kappa shape index (κ1) is 12.0. The standard InChI is InChI=1S/C9H12N2O6/c12-3-4-6(14)7(15)8(16-4)17-9-10-2-1-5(13)11-9/h1-2,4,6-8,12,14-15H,3H2,(H,10,11,13)/t4-,6-,7-,8?/m0/s1. The predicted octanol–water partition coefficient (Wildman–Crippen LogP) is -2.41. The first-order valence-electron chi connectivity index (χ1n) is 4.96. The van der Waals surface area contributed by atoms with Crippen LogP contribution in [0.1, 0.15) is 0 Å². The normalized spacial score (nSPS) is 32.6. The van der Waals surface area contributed by atoms with Crippen LogP contribution in [0.25, 0.3) is 0 Å². The lowest BCUT2D eigenvalue weighted by Crippen LogP contribution is -2.36. The van der Waals surface area contributed by atoms with Gasteiger partial charge in [0.1, 0.15) is 18.3 Å². The number of aliphatic hydroxyl groups excluding tert-OH is 3. The molecule has 0 spiro atoms. The summed E-state index contributed by atoms with van der Waals surface area (Å²) < 4.78 is 10.1. The SMILES string of the molecule is O=c1ccnc(OC2O[C@@H](CO)[C@H](O)[C@@H]2O)[nH]1. The molecule has 0 bridgehead atoms. The Morgan fingerprint density at radius 1 is 1.47 bits per heavy atom. The number of rotatable bonds is 3. The van der Waals surface area contributed by atoms with Gasteiger partial charge >= 0.3 is 0 Å². The summed E-state index contributed by atoms with van der Waals surface area (Å²) in [7, 11) is 0. The van der Waals surface area contributed by atoms with E-state index < -0.39 is 36.8 Å². The molecule has 1 fully saturated rings. The largest absolute Gasteiger partial charge is 0.432 e. The van der Waals surface area contributed by atoms with Crippen LogP contribution in [-0.4, -0.2) is 56.5 Å². The van der Waals surface area contributed by atoms with E-state index in [9.17, 15) is 15.0 Å². The van der Waals surface area contributed by atoms with Gasteiger partial charge in [0.2, 0.25) is 6.29 Å². The minimum Gasteiger partial charge on any atom is -0.432 e. The molecule has 0 saturated carbocycles. The maximum Gasteiger partial charge on any atom is 0.298 e. The van der Waals surface area contributed by atoms with Crippen molar-refractivity contribution in [3.05, 3.63) is 22.6 Å². The highest BCUT2D eigenvalue weighted by Crippen LogP contribution is 2.22. The van der Waals surface area contributed by atoms with Crippen LogP contribution < -0.4 is 10.3 Å². The van der Waals surface area contributed by atoms with Crippen molar-refractivity contribution >= 4 is 0 Å². The highest BCUT2D eigenvalue weighted by molar-refractivity contribution is 4.97. The maximum atomic E-state index is 11.0. The molecule has 1 aliphatic heterocycles. The van der Waals surface area contributed by atoms with Gasteiger partial charge in [0.05, 0.1) is 6.61 Å². The third-order valence-corrected chi connectivity index (χ3v) is 2.37. The van der Waals surface area contributed by atoms with Gasteiger partial charge in [-0.05, 0) is 0 Å². The highest BCUT2D eigenvalue weighted by atomic mass is 16.7. The van der Waals surface area contributed by atoms with Crippen LogP contribution in [0.2, 0.25) is 0 Å². The van der Waals surface area contributed by atoms with Crippen molar-refractivity contribution in [3.8, 4) is 6.01 Å². The molecule has 8 nitrogen and oxygen atoms in total.